The van der Waals surface area contributed by atoms with Crippen LogP contribution in [-0.2, 0) is 4.74 Å². The zero-order chi connectivity index (χ0) is 16.2. The van der Waals surface area contributed by atoms with E-state index in [4.69, 9.17) is 9.47 Å². The van der Waals surface area contributed by atoms with Crippen molar-refractivity contribution < 1.29 is 9.47 Å². The first kappa shape index (κ1) is 16.2. The Bertz CT molecular complexity index is 649. The summed E-state index contributed by atoms with van der Waals surface area (Å²) in [7, 11) is 0. The predicted octanol–water partition coefficient (Wildman–Crippen LogP) is 3.60. The summed E-state index contributed by atoms with van der Waals surface area (Å²) in [4.78, 5) is 11.0. The van der Waals surface area contributed by atoms with E-state index in [-0.39, 0.29) is 12.2 Å². The largest absolute Gasteiger partial charge is 0.472 e. The molecule has 0 spiro atoms. The van der Waals surface area contributed by atoms with Gasteiger partial charge in [-0.3, -0.25) is 0 Å². The van der Waals surface area contributed by atoms with E-state index in [0.29, 0.717) is 12.5 Å². The molecule has 0 radical (unpaired) electrons. The predicted molar refractivity (Wildman–Crippen MR) is 92.8 cm³/mol. The molecule has 23 heavy (non-hydrogen) atoms. The molecule has 1 aromatic carbocycles. The van der Waals surface area contributed by atoms with Crippen molar-refractivity contribution in [3.05, 3.63) is 46.7 Å². The van der Waals surface area contributed by atoms with Crippen LogP contribution in [0.2, 0.25) is 0 Å². The molecular formula is C17H20BrN3O2. The van der Waals surface area contributed by atoms with Gasteiger partial charge in [0.15, 0.2) is 5.82 Å². The van der Waals surface area contributed by atoms with Gasteiger partial charge < -0.3 is 14.4 Å². The Morgan fingerprint density at radius 3 is 2.70 bits per heavy atom. The second-order valence-corrected chi connectivity index (χ2v) is 6.62. The minimum absolute atomic E-state index is 0.0192. The van der Waals surface area contributed by atoms with E-state index < -0.39 is 0 Å². The zero-order valence-corrected chi connectivity index (χ0v) is 14.9. The first-order chi connectivity index (χ1) is 11.1. The highest BCUT2D eigenvalue weighted by Gasteiger charge is 2.25. The highest BCUT2D eigenvalue weighted by Crippen LogP contribution is 2.30. The molecule has 1 aliphatic heterocycles. The Balaban J connectivity index is 1.80. The third-order valence-electron chi connectivity index (χ3n) is 3.60. The molecule has 0 aliphatic carbocycles. The Labute approximate surface area is 144 Å². The van der Waals surface area contributed by atoms with Gasteiger partial charge >= 0.3 is 0 Å². The minimum Gasteiger partial charge on any atom is -0.472 e. The molecule has 0 N–H and O–H groups in total. The van der Waals surface area contributed by atoms with Crippen molar-refractivity contribution in [1.82, 2.24) is 9.97 Å². The summed E-state index contributed by atoms with van der Waals surface area (Å²) in [5.74, 6) is 1.37. The number of rotatable bonds is 4. The second-order valence-electron chi connectivity index (χ2n) is 5.71. The number of benzene rings is 1. The standard InChI is InChI=1S/C17H20BrN3O2/c1-12(2)23-17-16(19-7-8-20-17)21-9-10-22-15(11-21)13-3-5-14(18)6-4-13/h3-8,12,15H,9-11H2,1-2H3. The normalized spacial score (nSPS) is 18.3. The highest BCUT2D eigenvalue weighted by atomic mass is 79.9. The van der Waals surface area contributed by atoms with E-state index >= 15 is 0 Å². The average molecular weight is 378 g/mol. The number of halogens is 1. The number of hydrogen-bond donors (Lipinski definition) is 0. The van der Waals surface area contributed by atoms with E-state index in [1.807, 2.05) is 26.0 Å². The number of aromatic nitrogens is 2. The van der Waals surface area contributed by atoms with E-state index in [1.54, 1.807) is 12.4 Å². The summed E-state index contributed by atoms with van der Waals surface area (Å²) in [6, 6.07) is 8.24. The Hall–Kier alpha value is -1.66. The van der Waals surface area contributed by atoms with Crippen molar-refractivity contribution in [2.75, 3.05) is 24.6 Å². The maximum atomic E-state index is 5.93. The lowest BCUT2D eigenvalue weighted by Crippen LogP contribution is -2.39. The van der Waals surface area contributed by atoms with Crippen LogP contribution < -0.4 is 9.64 Å². The summed E-state index contributed by atoms with van der Waals surface area (Å²) in [5.41, 5.74) is 1.16. The van der Waals surface area contributed by atoms with Gasteiger partial charge in [-0.1, -0.05) is 28.1 Å². The van der Waals surface area contributed by atoms with Crippen LogP contribution >= 0.6 is 15.9 Å². The molecule has 3 rings (SSSR count). The molecule has 0 amide bonds. The maximum Gasteiger partial charge on any atom is 0.257 e. The number of morpholine rings is 1. The Morgan fingerprint density at radius 1 is 1.22 bits per heavy atom. The first-order valence-corrected chi connectivity index (χ1v) is 8.52. The fourth-order valence-corrected chi connectivity index (χ4v) is 2.83. The van der Waals surface area contributed by atoms with Crippen LogP contribution in [0, 0.1) is 0 Å². The Kier molecular flexibility index (Phi) is 5.13. The van der Waals surface area contributed by atoms with Gasteiger partial charge in [0.2, 0.25) is 0 Å². The monoisotopic (exact) mass is 377 g/mol. The molecule has 1 saturated heterocycles. The number of anilines is 1. The van der Waals surface area contributed by atoms with Crippen molar-refractivity contribution in [1.29, 1.82) is 0 Å². The first-order valence-electron chi connectivity index (χ1n) is 7.73. The van der Waals surface area contributed by atoms with Crippen molar-refractivity contribution in [3.8, 4) is 5.88 Å². The molecule has 122 valence electrons. The van der Waals surface area contributed by atoms with E-state index in [0.717, 1.165) is 28.9 Å². The van der Waals surface area contributed by atoms with Gasteiger partial charge in [-0.2, -0.15) is 0 Å². The summed E-state index contributed by atoms with van der Waals surface area (Å²) in [5, 5.41) is 0. The van der Waals surface area contributed by atoms with Gasteiger partial charge in [0.25, 0.3) is 5.88 Å². The SMILES string of the molecule is CC(C)Oc1nccnc1N1CCOC(c2ccc(Br)cc2)C1. The molecule has 6 heteroatoms. The fraction of sp³-hybridized carbons (Fsp3) is 0.412. The van der Waals surface area contributed by atoms with Gasteiger partial charge in [0.1, 0.15) is 6.10 Å². The number of ether oxygens (including phenoxy) is 2. The molecule has 0 saturated carbocycles. The number of nitrogens with zero attached hydrogens (tertiary/aromatic N) is 3. The van der Waals surface area contributed by atoms with Crippen LogP contribution in [0.3, 0.4) is 0 Å². The maximum absolute atomic E-state index is 5.93. The minimum atomic E-state index is 0.0192. The number of hydrogen-bond acceptors (Lipinski definition) is 5. The van der Waals surface area contributed by atoms with Crippen LogP contribution in [0.15, 0.2) is 41.1 Å². The lowest BCUT2D eigenvalue weighted by atomic mass is 10.1. The molecule has 2 heterocycles. The van der Waals surface area contributed by atoms with Crippen LogP contribution in [0.25, 0.3) is 0 Å². The molecule has 2 aromatic rings. The fourth-order valence-electron chi connectivity index (χ4n) is 2.56. The average Bonchev–Trinajstić information content (AvgIpc) is 2.56. The van der Waals surface area contributed by atoms with Gasteiger partial charge in [0, 0.05) is 23.4 Å². The van der Waals surface area contributed by atoms with Crippen molar-refractivity contribution in [2.24, 2.45) is 0 Å². The van der Waals surface area contributed by atoms with Crippen molar-refractivity contribution in [2.45, 2.75) is 26.1 Å². The van der Waals surface area contributed by atoms with Crippen LogP contribution in [0.5, 0.6) is 5.88 Å². The van der Waals surface area contributed by atoms with E-state index in [9.17, 15) is 0 Å². The molecule has 1 aromatic heterocycles. The summed E-state index contributed by atoms with van der Waals surface area (Å²) < 4.78 is 12.8. The van der Waals surface area contributed by atoms with Gasteiger partial charge in [0.05, 0.1) is 19.3 Å². The molecule has 1 aliphatic rings. The summed E-state index contributed by atoms with van der Waals surface area (Å²) in [6.45, 7) is 6.14. The quantitative estimate of drug-likeness (QED) is 0.814. The van der Waals surface area contributed by atoms with Gasteiger partial charge in [-0.25, -0.2) is 9.97 Å². The molecular weight excluding hydrogens is 358 g/mol. The third kappa shape index (κ3) is 4.00. The third-order valence-corrected chi connectivity index (χ3v) is 4.13. The molecule has 0 bridgehead atoms. The lowest BCUT2D eigenvalue weighted by molar-refractivity contribution is 0.0392. The van der Waals surface area contributed by atoms with Crippen molar-refractivity contribution >= 4 is 21.7 Å². The van der Waals surface area contributed by atoms with Crippen LogP contribution in [0.4, 0.5) is 5.82 Å². The summed E-state index contributed by atoms with van der Waals surface area (Å²) in [6.07, 6.45) is 3.44. The van der Waals surface area contributed by atoms with Gasteiger partial charge in [-0.15, -0.1) is 0 Å². The summed E-state index contributed by atoms with van der Waals surface area (Å²) >= 11 is 3.46. The molecule has 5 nitrogen and oxygen atoms in total. The zero-order valence-electron chi connectivity index (χ0n) is 13.3. The highest BCUT2D eigenvalue weighted by molar-refractivity contribution is 9.10. The van der Waals surface area contributed by atoms with E-state index in [2.05, 4.69) is 42.9 Å². The molecule has 1 fully saturated rings. The topological polar surface area (TPSA) is 47.5 Å². The van der Waals surface area contributed by atoms with Gasteiger partial charge in [-0.05, 0) is 31.5 Å². The smallest absolute Gasteiger partial charge is 0.257 e. The van der Waals surface area contributed by atoms with Crippen molar-refractivity contribution in [3.63, 3.8) is 0 Å². The lowest BCUT2D eigenvalue weighted by Gasteiger charge is -2.34. The Morgan fingerprint density at radius 2 is 1.96 bits per heavy atom. The molecule has 1 atom stereocenters. The second kappa shape index (κ2) is 7.27. The van der Waals surface area contributed by atoms with Crippen LogP contribution in [0.1, 0.15) is 25.5 Å². The van der Waals surface area contributed by atoms with E-state index in [1.165, 1.54) is 0 Å². The molecule has 1 unspecified atom stereocenters. The van der Waals surface area contributed by atoms with Crippen LogP contribution in [-0.4, -0.2) is 35.8 Å².